The van der Waals surface area contributed by atoms with Crippen molar-refractivity contribution in [2.45, 2.75) is 19.8 Å². The Morgan fingerprint density at radius 3 is 2.77 bits per heavy atom. The number of aromatic amines is 1. The van der Waals surface area contributed by atoms with E-state index in [1.54, 1.807) is 13.0 Å². The van der Waals surface area contributed by atoms with Crippen LogP contribution < -0.4 is 14.2 Å². The number of carbonyl (C=O) groups excluding carboxylic acids is 1. The van der Waals surface area contributed by atoms with Crippen molar-refractivity contribution in [2.75, 3.05) is 18.4 Å². The van der Waals surface area contributed by atoms with Crippen LogP contribution in [0, 0.1) is 11.6 Å². The fourth-order valence-corrected chi connectivity index (χ4v) is 3.75. The standard InChI is InChI=1S/C18H19F2N5O4S/c1-3-6-22-30(27,28)25-13-5-4-12(19)15(16(13)20)14(26)8-10-7-11-17(21-9-10)23-24-18(11)29-2/h4-5,7,9,22,25H,3,6,8H2,1-2H3,(H,21,23,24). The molecule has 1 aromatic carbocycles. The van der Waals surface area contributed by atoms with Gasteiger partial charge in [0.1, 0.15) is 5.82 Å². The van der Waals surface area contributed by atoms with Gasteiger partial charge >= 0.3 is 0 Å². The van der Waals surface area contributed by atoms with Crippen LogP contribution in [0.15, 0.2) is 24.4 Å². The maximum atomic E-state index is 14.8. The van der Waals surface area contributed by atoms with E-state index >= 15 is 0 Å². The van der Waals surface area contributed by atoms with Crippen LogP contribution in [0.4, 0.5) is 14.5 Å². The molecule has 3 N–H and O–H groups in total. The van der Waals surface area contributed by atoms with E-state index < -0.39 is 38.9 Å². The molecule has 0 radical (unpaired) electrons. The van der Waals surface area contributed by atoms with Gasteiger partial charge < -0.3 is 4.74 Å². The van der Waals surface area contributed by atoms with Gasteiger partial charge in [0.2, 0.25) is 5.88 Å². The van der Waals surface area contributed by atoms with Crippen molar-refractivity contribution in [1.29, 1.82) is 0 Å². The number of ketones is 1. The number of H-pyrrole nitrogens is 1. The molecule has 0 bridgehead atoms. The van der Waals surface area contributed by atoms with Crippen molar-refractivity contribution in [2.24, 2.45) is 0 Å². The first-order valence-corrected chi connectivity index (χ1v) is 10.4. The van der Waals surface area contributed by atoms with E-state index in [1.165, 1.54) is 13.3 Å². The van der Waals surface area contributed by atoms with Crippen LogP contribution in [-0.4, -0.2) is 43.0 Å². The number of hydrogen-bond acceptors (Lipinski definition) is 6. The number of rotatable bonds is 9. The number of anilines is 1. The molecule has 0 aliphatic carbocycles. The third kappa shape index (κ3) is 4.54. The summed E-state index contributed by atoms with van der Waals surface area (Å²) in [6, 6.07) is 3.31. The molecule has 3 rings (SSSR count). The topological polar surface area (TPSA) is 126 Å². The van der Waals surface area contributed by atoms with Crippen LogP contribution in [0.1, 0.15) is 29.3 Å². The van der Waals surface area contributed by atoms with Crippen LogP contribution in [0.5, 0.6) is 5.88 Å². The smallest absolute Gasteiger partial charge is 0.299 e. The zero-order chi connectivity index (χ0) is 21.9. The number of halogens is 2. The van der Waals surface area contributed by atoms with Gasteiger partial charge in [-0.05, 0) is 30.2 Å². The number of nitrogens with one attached hydrogen (secondary N) is 3. The lowest BCUT2D eigenvalue weighted by atomic mass is 10.0. The minimum absolute atomic E-state index is 0.136. The van der Waals surface area contributed by atoms with Crippen LogP contribution in [0.25, 0.3) is 11.0 Å². The molecule has 12 heteroatoms. The number of nitrogens with zero attached hydrogens (tertiary/aromatic N) is 2. The monoisotopic (exact) mass is 439 g/mol. The van der Waals surface area contributed by atoms with Gasteiger partial charge in [0.05, 0.1) is 23.7 Å². The molecular weight excluding hydrogens is 420 g/mol. The normalized spacial score (nSPS) is 11.6. The fourth-order valence-electron chi connectivity index (χ4n) is 2.75. The highest BCUT2D eigenvalue weighted by Gasteiger charge is 2.23. The predicted molar refractivity (Wildman–Crippen MR) is 106 cm³/mol. The molecule has 2 aromatic heterocycles. The second kappa shape index (κ2) is 8.71. The number of ether oxygens (including phenoxy) is 1. The van der Waals surface area contributed by atoms with Crippen molar-refractivity contribution >= 4 is 32.7 Å². The van der Waals surface area contributed by atoms with E-state index in [2.05, 4.69) is 19.9 Å². The summed E-state index contributed by atoms with van der Waals surface area (Å²) in [5.41, 5.74) is -0.573. The molecule has 30 heavy (non-hydrogen) atoms. The predicted octanol–water partition coefficient (Wildman–Crippen LogP) is 2.33. The van der Waals surface area contributed by atoms with E-state index in [0.717, 1.165) is 12.1 Å². The lowest BCUT2D eigenvalue weighted by Crippen LogP contribution is -2.31. The summed E-state index contributed by atoms with van der Waals surface area (Å²) in [6.07, 6.45) is 1.53. The lowest BCUT2D eigenvalue weighted by molar-refractivity contribution is 0.0985. The summed E-state index contributed by atoms with van der Waals surface area (Å²) in [4.78, 5) is 16.7. The van der Waals surface area contributed by atoms with E-state index in [4.69, 9.17) is 4.74 Å². The highest BCUT2D eigenvalue weighted by molar-refractivity contribution is 7.90. The zero-order valence-corrected chi connectivity index (χ0v) is 16.9. The van der Waals surface area contributed by atoms with Crippen molar-refractivity contribution in [3.63, 3.8) is 0 Å². The Bertz CT molecular complexity index is 1200. The highest BCUT2D eigenvalue weighted by atomic mass is 32.2. The summed E-state index contributed by atoms with van der Waals surface area (Å²) in [5, 5.41) is 7.06. The number of Topliss-reactive ketones (excluding diaryl/α,β-unsaturated/α-hetero) is 1. The average molecular weight is 439 g/mol. The van der Waals surface area contributed by atoms with Crippen LogP contribution in [0.3, 0.4) is 0 Å². The number of fused-ring (bicyclic) bond motifs is 1. The molecule has 160 valence electrons. The molecule has 9 nitrogen and oxygen atoms in total. The van der Waals surface area contributed by atoms with E-state index in [9.17, 15) is 22.0 Å². The van der Waals surface area contributed by atoms with Gasteiger partial charge in [-0.2, -0.15) is 13.1 Å². The Labute approximate surface area is 171 Å². The molecule has 0 unspecified atom stereocenters. The number of aromatic nitrogens is 3. The van der Waals surface area contributed by atoms with Crippen LogP contribution >= 0.6 is 0 Å². The summed E-state index contributed by atoms with van der Waals surface area (Å²) in [5.74, 6) is -3.01. The summed E-state index contributed by atoms with van der Waals surface area (Å²) in [7, 11) is -2.65. The fraction of sp³-hybridized carbons (Fsp3) is 0.278. The molecule has 0 amide bonds. The van der Waals surface area contributed by atoms with Gasteiger partial charge in [0.25, 0.3) is 10.2 Å². The van der Waals surface area contributed by atoms with Gasteiger partial charge in [0, 0.05) is 19.2 Å². The zero-order valence-electron chi connectivity index (χ0n) is 16.1. The molecular formula is C18H19F2N5O4S. The molecule has 0 atom stereocenters. The molecule has 0 fully saturated rings. The molecule has 3 aromatic rings. The van der Waals surface area contributed by atoms with Gasteiger partial charge in [-0.1, -0.05) is 6.92 Å². The maximum absolute atomic E-state index is 14.8. The number of carbonyl (C=O) groups is 1. The second-order valence-corrected chi connectivity index (χ2v) is 7.86. The molecule has 0 saturated heterocycles. The first-order chi connectivity index (χ1) is 14.3. The third-order valence-corrected chi connectivity index (χ3v) is 5.23. The van der Waals surface area contributed by atoms with Crippen LogP contribution in [-0.2, 0) is 16.6 Å². The van der Waals surface area contributed by atoms with Gasteiger partial charge in [0.15, 0.2) is 17.2 Å². The first-order valence-electron chi connectivity index (χ1n) is 8.91. The number of pyridine rings is 1. The molecule has 0 aliphatic heterocycles. The third-order valence-electron chi connectivity index (χ3n) is 4.15. The van der Waals surface area contributed by atoms with Crippen molar-refractivity contribution in [1.82, 2.24) is 19.9 Å². The van der Waals surface area contributed by atoms with E-state index in [-0.39, 0.29) is 18.8 Å². The lowest BCUT2D eigenvalue weighted by Gasteiger charge is -2.12. The first kappa shape index (κ1) is 21.6. The Hall–Kier alpha value is -3.12. The quantitative estimate of drug-likeness (QED) is 0.439. The Morgan fingerprint density at radius 1 is 1.30 bits per heavy atom. The van der Waals surface area contributed by atoms with Gasteiger partial charge in [-0.15, -0.1) is 5.10 Å². The second-order valence-electron chi connectivity index (χ2n) is 6.36. The molecule has 0 spiro atoms. The Kier molecular flexibility index (Phi) is 6.27. The van der Waals surface area contributed by atoms with Crippen molar-refractivity contribution < 1.29 is 26.7 Å². The molecule has 0 aliphatic rings. The average Bonchev–Trinajstić information content (AvgIpc) is 3.11. The Morgan fingerprint density at radius 2 is 2.07 bits per heavy atom. The minimum atomic E-state index is -4.07. The van der Waals surface area contributed by atoms with Crippen LogP contribution in [0.2, 0.25) is 0 Å². The number of benzene rings is 1. The van der Waals surface area contributed by atoms with E-state index in [1.807, 2.05) is 4.72 Å². The summed E-state index contributed by atoms with van der Waals surface area (Å²) in [6.45, 7) is 1.89. The SMILES string of the molecule is CCCNS(=O)(=O)Nc1ccc(F)c(C(=O)Cc2cnc3[nH]nc(OC)c3c2)c1F. The minimum Gasteiger partial charge on any atom is -0.479 e. The highest BCUT2D eigenvalue weighted by Crippen LogP contribution is 2.25. The van der Waals surface area contributed by atoms with Gasteiger partial charge in [-0.3, -0.25) is 14.6 Å². The number of methoxy groups -OCH3 is 1. The largest absolute Gasteiger partial charge is 0.479 e. The van der Waals surface area contributed by atoms with E-state index in [0.29, 0.717) is 23.0 Å². The maximum Gasteiger partial charge on any atom is 0.299 e. The number of hydrogen-bond donors (Lipinski definition) is 3. The molecule has 0 saturated carbocycles. The van der Waals surface area contributed by atoms with Gasteiger partial charge in [-0.25, -0.2) is 13.8 Å². The Balaban J connectivity index is 1.88. The summed E-state index contributed by atoms with van der Waals surface area (Å²) < 4.78 is 62.1. The molecule has 2 heterocycles. The van der Waals surface area contributed by atoms with Crippen molar-refractivity contribution in [3.8, 4) is 5.88 Å². The summed E-state index contributed by atoms with van der Waals surface area (Å²) >= 11 is 0. The van der Waals surface area contributed by atoms with Crippen molar-refractivity contribution in [3.05, 3.63) is 47.2 Å².